The van der Waals surface area contributed by atoms with Crippen LogP contribution >= 0.6 is 0 Å². The van der Waals surface area contributed by atoms with E-state index in [0.717, 1.165) is 18.6 Å². The molecular formula is C16H25NO. The van der Waals surface area contributed by atoms with Gasteiger partial charge in [0.1, 0.15) is 11.9 Å². The smallest absolute Gasteiger partial charge is 0.125 e. The topological polar surface area (TPSA) is 35.2 Å². The summed E-state index contributed by atoms with van der Waals surface area (Å²) < 4.78 is 6.29. The monoisotopic (exact) mass is 247 g/mol. The molecule has 0 aliphatic heterocycles. The highest BCUT2D eigenvalue weighted by Crippen LogP contribution is 2.45. The molecule has 2 nitrogen and oxygen atoms in total. The predicted octanol–water partition coefficient (Wildman–Crippen LogP) is 3.51. The molecule has 0 saturated heterocycles. The minimum atomic E-state index is 0.128. The van der Waals surface area contributed by atoms with Gasteiger partial charge in [0, 0.05) is 17.9 Å². The number of hydrogen-bond donors (Lipinski definition) is 1. The SMILES string of the molecule is CCC1(C)C(N)CC1Oc1c(C)ccc(C)c1C. The Hall–Kier alpha value is -1.02. The molecule has 0 radical (unpaired) electrons. The molecule has 2 N–H and O–H groups in total. The minimum absolute atomic E-state index is 0.128. The van der Waals surface area contributed by atoms with Crippen molar-refractivity contribution in [2.24, 2.45) is 11.1 Å². The maximum atomic E-state index is 6.29. The minimum Gasteiger partial charge on any atom is -0.489 e. The maximum absolute atomic E-state index is 6.29. The van der Waals surface area contributed by atoms with Crippen molar-refractivity contribution in [2.45, 2.75) is 59.6 Å². The van der Waals surface area contributed by atoms with Gasteiger partial charge in [0.25, 0.3) is 0 Å². The molecule has 2 rings (SSSR count). The van der Waals surface area contributed by atoms with Crippen LogP contribution in [0.25, 0.3) is 0 Å². The van der Waals surface area contributed by atoms with Gasteiger partial charge in [-0.3, -0.25) is 0 Å². The molecule has 0 spiro atoms. The molecule has 1 saturated carbocycles. The highest BCUT2D eigenvalue weighted by atomic mass is 16.5. The molecule has 18 heavy (non-hydrogen) atoms. The van der Waals surface area contributed by atoms with Crippen molar-refractivity contribution in [1.82, 2.24) is 0 Å². The van der Waals surface area contributed by atoms with Crippen LogP contribution in [-0.2, 0) is 0 Å². The Balaban J connectivity index is 2.24. The van der Waals surface area contributed by atoms with Crippen molar-refractivity contribution < 1.29 is 4.74 Å². The Kier molecular flexibility index (Phi) is 3.41. The van der Waals surface area contributed by atoms with Gasteiger partial charge < -0.3 is 10.5 Å². The molecule has 2 heteroatoms. The highest BCUT2D eigenvalue weighted by molar-refractivity contribution is 5.45. The van der Waals surface area contributed by atoms with E-state index in [4.69, 9.17) is 10.5 Å². The summed E-state index contributed by atoms with van der Waals surface area (Å²) in [5.41, 5.74) is 10.0. The largest absolute Gasteiger partial charge is 0.489 e. The first-order chi connectivity index (χ1) is 8.40. The first kappa shape index (κ1) is 13.4. The molecule has 1 aliphatic carbocycles. The van der Waals surface area contributed by atoms with E-state index in [0.29, 0.717) is 0 Å². The van der Waals surface area contributed by atoms with E-state index in [2.05, 4.69) is 46.8 Å². The van der Waals surface area contributed by atoms with Crippen LogP contribution in [0.2, 0.25) is 0 Å². The fraction of sp³-hybridized carbons (Fsp3) is 0.625. The maximum Gasteiger partial charge on any atom is 0.125 e. The molecule has 1 aromatic carbocycles. The lowest BCUT2D eigenvalue weighted by atomic mass is 9.62. The van der Waals surface area contributed by atoms with Gasteiger partial charge in [-0.1, -0.05) is 26.0 Å². The second-order valence-electron chi connectivity index (χ2n) is 5.96. The molecule has 3 atom stereocenters. The van der Waals surface area contributed by atoms with Crippen LogP contribution in [0.4, 0.5) is 0 Å². The Labute approximate surface area is 111 Å². The van der Waals surface area contributed by atoms with Gasteiger partial charge in [-0.15, -0.1) is 0 Å². The first-order valence-corrected chi connectivity index (χ1v) is 6.89. The summed E-state index contributed by atoms with van der Waals surface area (Å²) in [6.07, 6.45) is 2.30. The van der Waals surface area contributed by atoms with E-state index in [-0.39, 0.29) is 17.6 Å². The molecule has 0 aromatic heterocycles. The lowest BCUT2D eigenvalue weighted by molar-refractivity contribution is -0.0566. The van der Waals surface area contributed by atoms with Crippen LogP contribution in [0, 0.1) is 26.2 Å². The second kappa shape index (κ2) is 4.58. The second-order valence-corrected chi connectivity index (χ2v) is 5.96. The van der Waals surface area contributed by atoms with E-state index >= 15 is 0 Å². The average Bonchev–Trinajstić information content (AvgIpc) is 2.36. The number of nitrogens with two attached hydrogens (primary N) is 1. The molecule has 1 aliphatic rings. The Morgan fingerprint density at radius 1 is 1.28 bits per heavy atom. The van der Waals surface area contributed by atoms with Gasteiger partial charge in [0.2, 0.25) is 0 Å². The summed E-state index contributed by atoms with van der Waals surface area (Å²) in [5.74, 6) is 1.06. The Bertz CT molecular complexity index is 455. The molecule has 3 unspecified atom stereocenters. The standard InChI is InChI=1S/C16H25NO/c1-6-16(5)13(17)9-14(16)18-15-11(3)8-7-10(2)12(15)4/h7-8,13-14H,6,9,17H2,1-5H3. The molecule has 1 aromatic rings. The molecule has 0 heterocycles. The van der Waals surface area contributed by atoms with Crippen molar-refractivity contribution in [3.63, 3.8) is 0 Å². The van der Waals surface area contributed by atoms with Crippen LogP contribution < -0.4 is 10.5 Å². The quantitative estimate of drug-likeness (QED) is 0.887. The van der Waals surface area contributed by atoms with Crippen LogP contribution in [0.15, 0.2) is 12.1 Å². The molecular weight excluding hydrogens is 222 g/mol. The zero-order valence-corrected chi connectivity index (χ0v) is 12.2. The third-order valence-corrected chi connectivity index (χ3v) is 4.95. The molecule has 0 amide bonds. The van der Waals surface area contributed by atoms with Gasteiger partial charge in [-0.2, -0.15) is 0 Å². The summed E-state index contributed by atoms with van der Waals surface area (Å²) in [6.45, 7) is 10.8. The molecule has 100 valence electrons. The number of ether oxygens (including phenoxy) is 1. The highest BCUT2D eigenvalue weighted by Gasteiger charge is 2.50. The zero-order chi connectivity index (χ0) is 13.5. The summed E-state index contributed by atoms with van der Waals surface area (Å²) in [7, 11) is 0. The van der Waals surface area contributed by atoms with Crippen LogP contribution in [0.1, 0.15) is 43.4 Å². The lowest BCUT2D eigenvalue weighted by Crippen LogP contribution is -2.61. The van der Waals surface area contributed by atoms with E-state index in [9.17, 15) is 0 Å². The normalized spacial score (nSPS) is 31.0. The number of rotatable bonds is 3. The predicted molar refractivity (Wildman–Crippen MR) is 76.1 cm³/mol. The van der Waals surface area contributed by atoms with Gasteiger partial charge in [-0.05, 0) is 43.9 Å². The summed E-state index contributed by atoms with van der Waals surface area (Å²) >= 11 is 0. The van der Waals surface area contributed by atoms with Crippen LogP contribution in [0.5, 0.6) is 5.75 Å². The zero-order valence-electron chi connectivity index (χ0n) is 12.2. The van der Waals surface area contributed by atoms with Crippen molar-refractivity contribution >= 4 is 0 Å². The average molecular weight is 247 g/mol. The van der Waals surface area contributed by atoms with Gasteiger partial charge >= 0.3 is 0 Å². The molecule has 1 fully saturated rings. The first-order valence-electron chi connectivity index (χ1n) is 6.89. The van der Waals surface area contributed by atoms with Gasteiger partial charge in [0.15, 0.2) is 0 Å². The molecule has 0 bridgehead atoms. The fourth-order valence-electron chi connectivity index (χ4n) is 2.77. The van der Waals surface area contributed by atoms with Crippen molar-refractivity contribution in [3.8, 4) is 5.75 Å². The van der Waals surface area contributed by atoms with E-state index in [1.54, 1.807) is 0 Å². The summed E-state index contributed by atoms with van der Waals surface area (Å²) in [6, 6.07) is 4.57. The summed E-state index contributed by atoms with van der Waals surface area (Å²) in [5, 5.41) is 0. The van der Waals surface area contributed by atoms with E-state index in [1.165, 1.54) is 16.7 Å². The fourth-order valence-corrected chi connectivity index (χ4v) is 2.77. The van der Waals surface area contributed by atoms with Crippen LogP contribution in [-0.4, -0.2) is 12.1 Å². The van der Waals surface area contributed by atoms with E-state index in [1.807, 2.05) is 0 Å². The summed E-state index contributed by atoms with van der Waals surface area (Å²) in [4.78, 5) is 0. The van der Waals surface area contributed by atoms with Crippen LogP contribution in [0.3, 0.4) is 0 Å². The third-order valence-electron chi connectivity index (χ3n) is 4.95. The Morgan fingerprint density at radius 2 is 1.89 bits per heavy atom. The Morgan fingerprint density at radius 3 is 2.44 bits per heavy atom. The number of hydrogen-bond acceptors (Lipinski definition) is 2. The number of benzene rings is 1. The third kappa shape index (κ3) is 1.93. The van der Waals surface area contributed by atoms with Gasteiger partial charge in [0.05, 0.1) is 0 Å². The van der Waals surface area contributed by atoms with Crippen molar-refractivity contribution in [2.75, 3.05) is 0 Å². The van der Waals surface area contributed by atoms with Crippen molar-refractivity contribution in [1.29, 1.82) is 0 Å². The van der Waals surface area contributed by atoms with E-state index < -0.39 is 0 Å². The van der Waals surface area contributed by atoms with Gasteiger partial charge in [-0.25, -0.2) is 0 Å². The van der Waals surface area contributed by atoms with Crippen molar-refractivity contribution in [3.05, 3.63) is 28.8 Å². The number of aryl methyl sites for hydroxylation is 2. The lowest BCUT2D eigenvalue weighted by Gasteiger charge is -2.51.